The molecule has 4 N–H and O–H groups in total. The van der Waals surface area contributed by atoms with E-state index in [1.54, 1.807) is 0 Å². The highest BCUT2D eigenvalue weighted by Crippen LogP contribution is 1.74. The Balaban J connectivity index is 3.72. The molecule has 0 atom stereocenters. The van der Waals surface area contributed by atoms with E-state index < -0.39 is 18.1 Å². The summed E-state index contributed by atoms with van der Waals surface area (Å²) >= 11 is 10.6. The summed E-state index contributed by atoms with van der Waals surface area (Å²) in [5.41, 5.74) is 0. The van der Waals surface area contributed by atoms with E-state index in [0.29, 0.717) is 0 Å². The van der Waals surface area contributed by atoms with Crippen LogP contribution < -0.4 is 21.3 Å². The molecule has 0 unspecified atom stereocenters. The lowest BCUT2D eigenvalue weighted by atomic mass is 10.7. The van der Waals surface area contributed by atoms with E-state index in [1.807, 2.05) is 10.6 Å². The van der Waals surface area contributed by atoms with Crippen molar-refractivity contribution in [2.75, 3.05) is 24.8 Å². The normalized spacial score (nSPS) is 9.12. The third kappa shape index (κ3) is 8.13. The predicted molar refractivity (Wildman–Crippen MR) is 59.9 cm³/mol. The number of halogens is 2. The molecule has 0 aliphatic heterocycles. The van der Waals surface area contributed by atoms with Crippen LogP contribution in [-0.4, -0.2) is 42.9 Å². The van der Waals surface area contributed by atoms with Crippen LogP contribution in [0.3, 0.4) is 0 Å². The molecule has 0 aromatic heterocycles. The van der Waals surface area contributed by atoms with E-state index in [-0.39, 0.29) is 24.8 Å². The zero-order valence-electron chi connectivity index (χ0n) is 8.31. The van der Waals surface area contributed by atoms with Crippen LogP contribution in [0.4, 0.5) is 14.4 Å². The molecule has 0 aromatic rings. The minimum atomic E-state index is -0.931. The van der Waals surface area contributed by atoms with E-state index in [2.05, 4.69) is 10.6 Å². The number of rotatable bonds is 4. The second kappa shape index (κ2) is 9.05. The molecule has 0 aliphatic rings. The van der Waals surface area contributed by atoms with Crippen LogP contribution in [0.15, 0.2) is 0 Å². The summed E-state index contributed by atoms with van der Waals surface area (Å²) in [4.78, 5) is 32.8. The summed E-state index contributed by atoms with van der Waals surface area (Å²) in [6, 6.07) is -2.40. The van der Waals surface area contributed by atoms with Crippen LogP contribution >= 0.6 is 23.2 Å². The minimum absolute atomic E-state index is 0.221. The van der Waals surface area contributed by atoms with Crippen molar-refractivity contribution in [3.63, 3.8) is 0 Å². The average molecular weight is 271 g/mol. The van der Waals surface area contributed by atoms with Crippen molar-refractivity contribution >= 4 is 41.3 Å². The van der Waals surface area contributed by atoms with E-state index in [9.17, 15) is 14.4 Å². The summed E-state index contributed by atoms with van der Waals surface area (Å²) in [6.07, 6.45) is 0. The molecule has 0 aromatic carbocycles. The van der Waals surface area contributed by atoms with Gasteiger partial charge in [0.25, 0.3) is 0 Å². The summed E-state index contributed by atoms with van der Waals surface area (Å²) in [5.74, 6) is 0.455. The van der Waals surface area contributed by atoms with Crippen LogP contribution in [0.1, 0.15) is 0 Å². The van der Waals surface area contributed by atoms with E-state index >= 15 is 0 Å². The second-order valence-corrected chi connectivity index (χ2v) is 3.22. The second-order valence-electron chi connectivity index (χ2n) is 2.47. The number of amides is 6. The van der Waals surface area contributed by atoms with Crippen LogP contribution in [0.25, 0.3) is 0 Å². The number of hydrogen-bond acceptors (Lipinski definition) is 3. The number of alkyl halides is 2. The van der Waals surface area contributed by atoms with Gasteiger partial charge < -0.3 is 10.6 Å². The molecule has 0 heterocycles. The third-order valence-electron chi connectivity index (χ3n) is 1.21. The predicted octanol–water partition coefficient (Wildman–Crippen LogP) is 0.182. The van der Waals surface area contributed by atoms with Gasteiger partial charge in [-0.2, -0.15) is 0 Å². The molecule has 0 saturated carbocycles. The number of hydrogen-bond donors (Lipinski definition) is 4. The van der Waals surface area contributed by atoms with Gasteiger partial charge in [0.15, 0.2) is 0 Å². The Morgan fingerprint density at radius 2 is 1.12 bits per heavy atom. The maximum atomic E-state index is 11.0. The molecule has 7 nitrogen and oxygen atoms in total. The summed E-state index contributed by atoms with van der Waals surface area (Å²) in [6.45, 7) is 0.443. The van der Waals surface area contributed by atoms with E-state index in [4.69, 9.17) is 23.2 Å². The molecule has 9 heteroatoms. The van der Waals surface area contributed by atoms with Crippen molar-refractivity contribution in [3.8, 4) is 0 Å². The minimum Gasteiger partial charge on any atom is -0.337 e. The van der Waals surface area contributed by atoms with E-state index in [1.165, 1.54) is 0 Å². The molecule has 0 fully saturated rings. The summed E-state index contributed by atoms with van der Waals surface area (Å²) < 4.78 is 0. The molecule has 0 spiro atoms. The standard InChI is InChI=1S/C7H12Cl2N4O3/c8-1-3-10-5(14)12-7(16)13-6(15)11-4-2-9/h1-4H2,(H4,10,11,12,13,14,15,16). The summed E-state index contributed by atoms with van der Waals surface area (Å²) in [7, 11) is 0. The summed E-state index contributed by atoms with van der Waals surface area (Å²) in [5, 5.41) is 8.31. The molecule has 0 saturated heterocycles. The van der Waals surface area contributed by atoms with Gasteiger partial charge in [-0.3, -0.25) is 10.6 Å². The average Bonchev–Trinajstić information content (AvgIpc) is 2.23. The van der Waals surface area contributed by atoms with Crippen molar-refractivity contribution in [1.82, 2.24) is 21.3 Å². The van der Waals surface area contributed by atoms with Gasteiger partial charge in [-0.15, -0.1) is 23.2 Å². The number of carbonyl (C=O) groups is 3. The van der Waals surface area contributed by atoms with Crippen LogP contribution in [-0.2, 0) is 0 Å². The molecule has 0 radical (unpaired) electrons. The van der Waals surface area contributed by atoms with Crippen LogP contribution in [0.5, 0.6) is 0 Å². The van der Waals surface area contributed by atoms with Gasteiger partial charge in [0.1, 0.15) is 0 Å². The van der Waals surface area contributed by atoms with E-state index in [0.717, 1.165) is 0 Å². The number of nitrogens with one attached hydrogen (secondary N) is 4. The number of urea groups is 3. The van der Waals surface area contributed by atoms with Gasteiger partial charge in [0.2, 0.25) is 0 Å². The monoisotopic (exact) mass is 270 g/mol. The zero-order valence-corrected chi connectivity index (χ0v) is 9.82. The van der Waals surface area contributed by atoms with Gasteiger partial charge >= 0.3 is 18.1 Å². The Kier molecular flexibility index (Phi) is 8.36. The molecule has 0 bridgehead atoms. The Hall–Kier alpha value is -1.21. The van der Waals surface area contributed by atoms with Crippen LogP contribution in [0.2, 0.25) is 0 Å². The molecular weight excluding hydrogens is 259 g/mol. The van der Waals surface area contributed by atoms with Crippen molar-refractivity contribution < 1.29 is 14.4 Å². The smallest absolute Gasteiger partial charge is 0.330 e. The van der Waals surface area contributed by atoms with Crippen molar-refractivity contribution in [1.29, 1.82) is 0 Å². The molecule has 16 heavy (non-hydrogen) atoms. The molecule has 6 amide bonds. The SMILES string of the molecule is O=C(NCCCl)NC(=O)NC(=O)NCCCl. The molecule has 0 aliphatic carbocycles. The molecule has 92 valence electrons. The maximum Gasteiger partial charge on any atom is 0.330 e. The lowest BCUT2D eigenvalue weighted by molar-refractivity contribution is 0.222. The van der Waals surface area contributed by atoms with Gasteiger partial charge in [-0.25, -0.2) is 14.4 Å². The van der Waals surface area contributed by atoms with Crippen molar-refractivity contribution in [2.24, 2.45) is 0 Å². The third-order valence-corrected chi connectivity index (χ3v) is 1.59. The lowest BCUT2D eigenvalue weighted by Gasteiger charge is -2.06. The molecule has 0 rings (SSSR count). The van der Waals surface area contributed by atoms with Gasteiger partial charge in [-0.05, 0) is 0 Å². The van der Waals surface area contributed by atoms with Crippen molar-refractivity contribution in [3.05, 3.63) is 0 Å². The Morgan fingerprint density at radius 1 is 0.750 bits per heavy atom. The van der Waals surface area contributed by atoms with Crippen LogP contribution in [0, 0.1) is 0 Å². The van der Waals surface area contributed by atoms with Crippen molar-refractivity contribution in [2.45, 2.75) is 0 Å². The maximum absolute atomic E-state index is 11.0. The lowest BCUT2D eigenvalue weighted by Crippen LogP contribution is -2.49. The first-order chi connectivity index (χ1) is 7.60. The fourth-order valence-electron chi connectivity index (χ4n) is 0.647. The largest absolute Gasteiger partial charge is 0.337 e. The first-order valence-corrected chi connectivity index (χ1v) is 5.42. The fraction of sp³-hybridized carbons (Fsp3) is 0.571. The fourth-order valence-corrected chi connectivity index (χ4v) is 0.836. The highest BCUT2D eigenvalue weighted by molar-refractivity contribution is 6.18. The van der Waals surface area contributed by atoms with Gasteiger partial charge in [0.05, 0.1) is 0 Å². The Labute approximate surface area is 102 Å². The number of carbonyl (C=O) groups excluding carboxylic acids is 3. The Bertz CT molecular complexity index is 238. The quantitative estimate of drug-likeness (QED) is 0.549. The first kappa shape index (κ1) is 14.8. The highest BCUT2D eigenvalue weighted by Gasteiger charge is 2.09. The first-order valence-electron chi connectivity index (χ1n) is 4.35. The molecular formula is C7H12Cl2N4O3. The number of imide groups is 2. The zero-order chi connectivity index (χ0) is 12.4. The highest BCUT2D eigenvalue weighted by atomic mass is 35.5. The van der Waals surface area contributed by atoms with Gasteiger partial charge in [-0.1, -0.05) is 0 Å². The van der Waals surface area contributed by atoms with Gasteiger partial charge in [0, 0.05) is 24.8 Å². The topological polar surface area (TPSA) is 99.3 Å². The Morgan fingerprint density at radius 3 is 1.44 bits per heavy atom.